The van der Waals surface area contributed by atoms with E-state index < -0.39 is 0 Å². The van der Waals surface area contributed by atoms with E-state index in [1.165, 1.54) is 12.8 Å². The molecule has 5 nitrogen and oxygen atoms in total. The van der Waals surface area contributed by atoms with Crippen molar-refractivity contribution in [2.45, 2.75) is 25.8 Å². The van der Waals surface area contributed by atoms with Crippen molar-refractivity contribution < 1.29 is 4.74 Å². The molecule has 6 heteroatoms. The second kappa shape index (κ2) is 6.24. The molecule has 0 N–H and O–H groups in total. The van der Waals surface area contributed by atoms with Crippen LogP contribution < -0.4 is 4.90 Å². The van der Waals surface area contributed by atoms with Crippen LogP contribution in [0.1, 0.15) is 18.7 Å². The summed E-state index contributed by atoms with van der Waals surface area (Å²) in [4.78, 5) is 13.5. The fourth-order valence-corrected chi connectivity index (χ4v) is 3.30. The van der Waals surface area contributed by atoms with Crippen molar-refractivity contribution in [3.05, 3.63) is 17.0 Å². The quantitative estimate of drug-likeness (QED) is 0.778. The standard InChI is InChI=1S/C14H21ClN4O/c1-11-16-13(15)10-14(17-11)19-4-2-12(3-5-19)18-6-8-20-9-7-18/h10,12H,2-9H2,1H3. The number of nitrogens with zero attached hydrogens (tertiary/aromatic N) is 4. The number of aryl methyl sites for hydroxylation is 1. The van der Waals surface area contributed by atoms with E-state index in [9.17, 15) is 0 Å². The predicted molar refractivity (Wildman–Crippen MR) is 79.4 cm³/mol. The number of rotatable bonds is 2. The lowest BCUT2D eigenvalue weighted by molar-refractivity contribution is 0.0115. The van der Waals surface area contributed by atoms with Crippen molar-refractivity contribution in [3.8, 4) is 0 Å². The number of aromatic nitrogens is 2. The van der Waals surface area contributed by atoms with Gasteiger partial charge in [0.1, 0.15) is 16.8 Å². The smallest absolute Gasteiger partial charge is 0.134 e. The van der Waals surface area contributed by atoms with Crippen molar-refractivity contribution >= 4 is 17.4 Å². The van der Waals surface area contributed by atoms with E-state index >= 15 is 0 Å². The summed E-state index contributed by atoms with van der Waals surface area (Å²) in [7, 11) is 0. The van der Waals surface area contributed by atoms with E-state index in [0.29, 0.717) is 11.2 Å². The molecule has 110 valence electrons. The first-order chi connectivity index (χ1) is 9.72. The molecule has 3 heterocycles. The van der Waals surface area contributed by atoms with Crippen molar-refractivity contribution in [1.29, 1.82) is 0 Å². The van der Waals surface area contributed by atoms with Gasteiger partial charge in [-0.15, -0.1) is 0 Å². The molecule has 0 atom stereocenters. The van der Waals surface area contributed by atoms with Crippen molar-refractivity contribution in [2.24, 2.45) is 0 Å². The maximum atomic E-state index is 6.02. The molecule has 1 aromatic rings. The largest absolute Gasteiger partial charge is 0.379 e. The number of halogens is 1. The van der Waals surface area contributed by atoms with Gasteiger partial charge < -0.3 is 9.64 Å². The average Bonchev–Trinajstić information content (AvgIpc) is 2.47. The first-order valence-corrected chi connectivity index (χ1v) is 7.68. The fourth-order valence-electron chi connectivity index (χ4n) is 3.08. The molecule has 2 aliphatic heterocycles. The topological polar surface area (TPSA) is 41.5 Å². The molecule has 0 aromatic carbocycles. The van der Waals surface area contributed by atoms with Crippen LogP contribution in [0.25, 0.3) is 0 Å². The average molecular weight is 297 g/mol. The molecule has 0 aliphatic carbocycles. The molecule has 1 aromatic heterocycles. The third kappa shape index (κ3) is 3.22. The third-order valence-electron chi connectivity index (χ3n) is 4.14. The van der Waals surface area contributed by atoms with E-state index in [0.717, 1.165) is 51.0 Å². The Kier molecular flexibility index (Phi) is 4.38. The first-order valence-electron chi connectivity index (χ1n) is 7.30. The van der Waals surface area contributed by atoms with Crippen LogP contribution in [-0.2, 0) is 4.74 Å². The van der Waals surface area contributed by atoms with Crippen LogP contribution in [0, 0.1) is 6.92 Å². The third-order valence-corrected chi connectivity index (χ3v) is 4.34. The molecule has 2 aliphatic rings. The van der Waals surface area contributed by atoms with E-state index in [1.807, 2.05) is 13.0 Å². The lowest BCUT2D eigenvalue weighted by atomic mass is 10.0. The maximum Gasteiger partial charge on any atom is 0.134 e. The van der Waals surface area contributed by atoms with Gasteiger partial charge in [-0.3, -0.25) is 4.90 Å². The van der Waals surface area contributed by atoms with Gasteiger partial charge in [-0.05, 0) is 19.8 Å². The molecule has 0 bridgehead atoms. The maximum absolute atomic E-state index is 6.02. The highest BCUT2D eigenvalue weighted by atomic mass is 35.5. The summed E-state index contributed by atoms with van der Waals surface area (Å²) in [5.74, 6) is 1.70. The molecular weight excluding hydrogens is 276 g/mol. The molecule has 3 rings (SSSR count). The Labute approximate surface area is 124 Å². The zero-order chi connectivity index (χ0) is 13.9. The normalized spacial score (nSPS) is 22.2. The summed E-state index contributed by atoms with van der Waals surface area (Å²) in [6.45, 7) is 7.85. The predicted octanol–water partition coefficient (Wildman–Crippen LogP) is 1.74. The lowest BCUT2D eigenvalue weighted by Crippen LogP contribution is -2.49. The summed E-state index contributed by atoms with van der Waals surface area (Å²) >= 11 is 6.02. The van der Waals surface area contributed by atoms with Gasteiger partial charge in [-0.2, -0.15) is 0 Å². The Hall–Kier alpha value is -0.910. The minimum atomic E-state index is 0.530. The summed E-state index contributed by atoms with van der Waals surface area (Å²) < 4.78 is 5.42. The summed E-state index contributed by atoms with van der Waals surface area (Å²) in [5, 5.41) is 0.530. The van der Waals surface area contributed by atoms with E-state index in [2.05, 4.69) is 19.8 Å². The minimum absolute atomic E-state index is 0.530. The van der Waals surface area contributed by atoms with Gasteiger partial charge in [-0.1, -0.05) is 11.6 Å². The van der Waals surface area contributed by atoms with Gasteiger partial charge in [0, 0.05) is 38.3 Å². The van der Waals surface area contributed by atoms with Crippen LogP contribution in [0.3, 0.4) is 0 Å². The molecule has 0 spiro atoms. The van der Waals surface area contributed by atoms with E-state index in [-0.39, 0.29) is 0 Å². The Morgan fingerprint density at radius 3 is 2.50 bits per heavy atom. The van der Waals surface area contributed by atoms with Crippen LogP contribution in [-0.4, -0.2) is 60.3 Å². The molecule has 20 heavy (non-hydrogen) atoms. The Morgan fingerprint density at radius 1 is 1.15 bits per heavy atom. The summed E-state index contributed by atoms with van der Waals surface area (Å²) in [6, 6.07) is 2.55. The second-order valence-corrected chi connectivity index (χ2v) is 5.85. The first kappa shape index (κ1) is 14.0. The van der Waals surface area contributed by atoms with E-state index in [1.54, 1.807) is 0 Å². The van der Waals surface area contributed by atoms with Crippen LogP contribution in [0.5, 0.6) is 0 Å². The Balaban J connectivity index is 1.60. The highest BCUT2D eigenvalue weighted by molar-refractivity contribution is 6.29. The monoisotopic (exact) mass is 296 g/mol. The molecule has 0 radical (unpaired) electrons. The Morgan fingerprint density at radius 2 is 1.85 bits per heavy atom. The lowest BCUT2D eigenvalue weighted by Gasteiger charge is -2.40. The number of ether oxygens (including phenoxy) is 1. The highest BCUT2D eigenvalue weighted by Crippen LogP contribution is 2.23. The summed E-state index contributed by atoms with van der Waals surface area (Å²) in [5.41, 5.74) is 0. The number of anilines is 1. The number of piperidine rings is 1. The summed E-state index contributed by atoms with van der Waals surface area (Å²) in [6.07, 6.45) is 2.36. The number of hydrogen-bond acceptors (Lipinski definition) is 5. The second-order valence-electron chi connectivity index (χ2n) is 5.46. The number of morpholine rings is 1. The van der Waals surface area contributed by atoms with Gasteiger partial charge in [0.25, 0.3) is 0 Å². The molecule has 0 saturated carbocycles. The van der Waals surface area contributed by atoms with Gasteiger partial charge in [0.05, 0.1) is 13.2 Å². The van der Waals surface area contributed by atoms with Crippen LogP contribution >= 0.6 is 11.6 Å². The molecule has 2 saturated heterocycles. The molecule has 2 fully saturated rings. The number of hydrogen-bond donors (Lipinski definition) is 0. The van der Waals surface area contributed by atoms with Crippen LogP contribution in [0.2, 0.25) is 5.15 Å². The zero-order valence-corrected chi connectivity index (χ0v) is 12.6. The van der Waals surface area contributed by atoms with Gasteiger partial charge in [0.15, 0.2) is 0 Å². The van der Waals surface area contributed by atoms with Crippen LogP contribution in [0.4, 0.5) is 5.82 Å². The minimum Gasteiger partial charge on any atom is -0.379 e. The highest BCUT2D eigenvalue weighted by Gasteiger charge is 2.26. The van der Waals surface area contributed by atoms with E-state index in [4.69, 9.17) is 16.3 Å². The van der Waals surface area contributed by atoms with Crippen LogP contribution in [0.15, 0.2) is 6.07 Å². The molecule has 0 unspecified atom stereocenters. The fraction of sp³-hybridized carbons (Fsp3) is 0.714. The van der Waals surface area contributed by atoms with Gasteiger partial charge in [0.2, 0.25) is 0 Å². The SMILES string of the molecule is Cc1nc(Cl)cc(N2CCC(N3CCOCC3)CC2)n1. The Bertz CT molecular complexity index is 436. The van der Waals surface area contributed by atoms with Crippen molar-refractivity contribution in [1.82, 2.24) is 14.9 Å². The van der Waals surface area contributed by atoms with Crippen molar-refractivity contribution in [3.63, 3.8) is 0 Å². The molecule has 0 amide bonds. The molecular formula is C14H21ClN4O. The van der Waals surface area contributed by atoms with Crippen molar-refractivity contribution in [2.75, 3.05) is 44.3 Å². The van der Waals surface area contributed by atoms with Gasteiger partial charge >= 0.3 is 0 Å². The van der Waals surface area contributed by atoms with Gasteiger partial charge in [-0.25, -0.2) is 9.97 Å². The zero-order valence-electron chi connectivity index (χ0n) is 11.9.